The van der Waals surface area contributed by atoms with Crippen LogP contribution in [0.3, 0.4) is 0 Å². The van der Waals surface area contributed by atoms with Gasteiger partial charge in [-0.1, -0.05) is 32.0 Å². The maximum absolute atomic E-state index is 14.1. The average molecular weight is 508 g/mol. The summed E-state index contributed by atoms with van der Waals surface area (Å²) in [7, 11) is -7.07. The molecule has 0 aliphatic carbocycles. The summed E-state index contributed by atoms with van der Waals surface area (Å²) < 4.78 is 152. The quantitative estimate of drug-likeness (QED) is 0.270. The lowest BCUT2D eigenvalue weighted by atomic mass is 9.96. The van der Waals surface area contributed by atoms with Gasteiger partial charge in [-0.3, -0.25) is 0 Å². The van der Waals surface area contributed by atoms with E-state index in [9.17, 15) is 47.9 Å². The molecule has 0 N–H and O–H groups in total. The normalized spacial score (nSPS) is 14.4. The van der Waals surface area contributed by atoms with Crippen molar-refractivity contribution in [2.75, 3.05) is 0 Å². The highest BCUT2D eigenvalue weighted by molar-refractivity contribution is 7.88. The first-order valence-corrected chi connectivity index (χ1v) is 10.4. The topological polar surface area (TPSA) is 56.5 Å². The monoisotopic (exact) mass is 508 g/mol. The molecule has 0 aliphatic rings. The Kier molecular flexibility index (Phi) is 5.63. The number of rotatable bonds is 6. The van der Waals surface area contributed by atoms with Crippen molar-refractivity contribution in [1.82, 2.24) is 0 Å². The molecule has 0 atom stereocenters. The molecule has 3 aromatic rings. The summed E-state index contributed by atoms with van der Waals surface area (Å²) in [6.45, 7) is 2.89. The number of alkyl halides is 9. The van der Waals surface area contributed by atoms with Crippen LogP contribution in [0.25, 0.3) is 21.9 Å². The van der Waals surface area contributed by atoms with E-state index in [4.69, 9.17) is 4.42 Å². The van der Waals surface area contributed by atoms with E-state index in [0.29, 0.717) is 5.39 Å². The Morgan fingerprint density at radius 2 is 1.39 bits per heavy atom. The zero-order valence-electron chi connectivity index (χ0n) is 16.5. The number of hydrogen-bond donors (Lipinski definition) is 0. The zero-order chi connectivity index (χ0) is 25.2. The van der Waals surface area contributed by atoms with E-state index in [0.717, 1.165) is 12.1 Å². The fraction of sp³-hybridized carbons (Fsp3) is 0.368. The Morgan fingerprint density at radius 3 is 1.94 bits per heavy atom. The lowest BCUT2D eigenvalue weighted by Crippen LogP contribution is -2.63. The van der Waals surface area contributed by atoms with Gasteiger partial charge < -0.3 is 8.60 Å². The van der Waals surface area contributed by atoms with Crippen molar-refractivity contribution in [3.05, 3.63) is 42.0 Å². The first-order valence-electron chi connectivity index (χ1n) is 8.95. The summed E-state index contributed by atoms with van der Waals surface area (Å²) in [5.74, 6) is -16.5. The van der Waals surface area contributed by atoms with Crippen LogP contribution in [0.2, 0.25) is 0 Å². The largest absolute Gasteiger partial charge is 0.460 e. The molecule has 1 heterocycles. The zero-order valence-corrected chi connectivity index (χ0v) is 17.3. The molecular formula is C19H13F9O4S. The third-order valence-corrected chi connectivity index (χ3v) is 6.03. The van der Waals surface area contributed by atoms with Crippen LogP contribution in [0.4, 0.5) is 39.5 Å². The van der Waals surface area contributed by atoms with E-state index >= 15 is 0 Å². The first kappa shape index (κ1) is 25.0. The van der Waals surface area contributed by atoms with Crippen molar-refractivity contribution in [3.8, 4) is 5.75 Å². The van der Waals surface area contributed by atoms with Crippen LogP contribution in [0.5, 0.6) is 5.75 Å². The number of hydrogen-bond acceptors (Lipinski definition) is 4. The van der Waals surface area contributed by atoms with E-state index in [1.54, 1.807) is 12.1 Å². The third kappa shape index (κ3) is 3.58. The second-order valence-electron chi connectivity index (χ2n) is 7.30. The summed E-state index contributed by atoms with van der Waals surface area (Å²) in [4.78, 5) is 0. The van der Waals surface area contributed by atoms with Crippen LogP contribution in [0, 0.1) is 0 Å². The SMILES string of the molecule is CC(C)c1c(OS(=O)(=O)C(F)(F)C(F)(F)C(F)(F)C(F)(F)F)ccc2oc3ccccc3c12. The molecule has 0 saturated carbocycles. The molecule has 0 aliphatic heterocycles. The van der Waals surface area contributed by atoms with Crippen LogP contribution in [-0.4, -0.2) is 31.7 Å². The van der Waals surface area contributed by atoms with Crippen LogP contribution >= 0.6 is 0 Å². The van der Waals surface area contributed by atoms with Crippen LogP contribution < -0.4 is 4.18 Å². The molecular weight excluding hydrogens is 495 g/mol. The minimum atomic E-state index is -7.39. The molecule has 1 aromatic heterocycles. The molecule has 0 fully saturated rings. The third-order valence-electron chi connectivity index (χ3n) is 4.75. The second kappa shape index (κ2) is 7.43. The minimum Gasteiger partial charge on any atom is -0.456 e. The minimum absolute atomic E-state index is 0.130. The van der Waals surface area contributed by atoms with E-state index in [-0.39, 0.29) is 22.1 Å². The van der Waals surface area contributed by atoms with Gasteiger partial charge in [0.25, 0.3) is 0 Å². The predicted octanol–water partition coefficient (Wildman–Crippen LogP) is 6.84. The van der Waals surface area contributed by atoms with Crippen molar-refractivity contribution >= 4 is 32.1 Å². The Labute approximate surface area is 180 Å². The highest BCUT2D eigenvalue weighted by Crippen LogP contribution is 2.55. The summed E-state index contributed by atoms with van der Waals surface area (Å²) in [5, 5.41) is -6.44. The number of furan rings is 1. The average Bonchev–Trinajstić information content (AvgIpc) is 3.04. The van der Waals surface area contributed by atoms with Gasteiger partial charge >= 0.3 is 33.4 Å². The molecule has 2 aromatic carbocycles. The van der Waals surface area contributed by atoms with Gasteiger partial charge in [-0.15, -0.1) is 0 Å². The van der Waals surface area contributed by atoms with Gasteiger partial charge in [-0.2, -0.15) is 47.9 Å². The predicted molar refractivity (Wildman–Crippen MR) is 98.3 cm³/mol. The highest BCUT2D eigenvalue weighted by atomic mass is 32.2. The van der Waals surface area contributed by atoms with Gasteiger partial charge in [-0.05, 0) is 24.1 Å². The fourth-order valence-electron chi connectivity index (χ4n) is 3.16. The molecule has 0 unspecified atom stereocenters. The molecule has 4 nitrogen and oxygen atoms in total. The van der Waals surface area contributed by atoms with Gasteiger partial charge in [0.2, 0.25) is 0 Å². The van der Waals surface area contributed by atoms with Gasteiger partial charge in [0.05, 0.1) is 0 Å². The molecule has 0 amide bonds. The molecule has 0 saturated heterocycles. The van der Waals surface area contributed by atoms with E-state index in [2.05, 4.69) is 4.18 Å². The smallest absolute Gasteiger partial charge is 0.456 e. The summed E-state index contributed by atoms with van der Waals surface area (Å²) in [6.07, 6.45) is -7.17. The van der Waals surface area contributed by atoms with Crippen LogP contribution in [0.15, 0.2) is 40.8 Å². The lowest BCUT2D eigenvalue weighted by molar-refractivity contribution is -0.382. The Hall–Kier alpha value is -2.64. The van der Waals surface area contributed by atoms with Crippen LogP contribution in [0.1, 0.15) is 25.3 Å². The van der Waals surface area contributed by atoms with Gasteiger partial charge in [-0.25, -0.2) is 0 Å². The number of benzene rings is 2. The molecule has 3 rings (SSSR count). The molecule has 33 heavy (non-hydrogen) atoms. The molecule has 14 heteroatoms. The Balaban J connectivity index is 2.18. The van der Waals surface area contributed by atoms with Crippen LogP contribution in [-0.2, 0) is 10.1 Å². The lowest BCUT2D eigenvalue weighted by Gasteiger charge is -2.32. The van der Waals surface area contributed by atoms with E-state index in [1.165, 1.54) is 26.0 Å². The fourth-order valence-corrected chi connectivity index (χ4v) is 4.09. The molecule has 0 radical (unpaired) electrons. The van der Waals surface area contributed by atoms with Crippen molar-refractivity contribution < 1.29 is 56.5 Å². The second-order valence-corrected chi connectivity index (χ2v) is 8.89. The van der Waals surface area contributed by atoms with E-state index in [1.807, 2.05) is 0 Å². The van der Waals surface area contributed by atoms with Gasteiger partial charge in [0.15, 0.2) is 0 Å². The standard InChI is InChI=1S/C19H13F9O4S/c1-9(2)14-13(8-7-12-15(14)10-5-3-4-6-11(10)31-12)32-33(29,30)19(27,28)17(22,23)16(20,21)18(24,25)26/h3-9H,1-2H3. The Bertz CT molecular complexity index is 1310. The number of halogens is 9. The summed E-state index contributed by atoms with van der Waals surface area (Å²) >= 11 is 0. The summed E-state index contributed by atoms with van der Waals surface area (Å²) in [5.41, 5.74) is 0.282. The highest BCUT2D eigenvalue weighted by Gasteiger charge is 2.86. The van der Waals surface area contributed by atoms with Crippen molar-refractivity contribution in [2.24, 2.45) is 0 Å². The maximum atomic E-state index is 14.1. The van der Waals surface area contributed by atoms with Gasteiger partial charge in [0.1, 0.15) is 16.9 Å². The maximum Gasteiger partial charge on any atom is 0.460 e. The number of para-hydroxylation sites is 1. The summed E-state index contributed by atoms with van der Waals surface area (Å²) in [6, 6.07) is 7.97. The number of fused-ring (bicyclic) bond motifs is 3. The van der Waals surface area contributed by atoms with Crippen molar-refractivity contribution in [1.29, 1.82) is 0 Å². The Morgan fingerprint density at radius 1 is 0.818 bits per heavy atom. The van der Waals surface area contributed by atoms with E-state index < -0.39 is 45.1 Å². The molecule has 0 bridgehead atoms. The van der Waals surface area contributed by atoms with Crippen molar-refractivity contribution in [2.45, 2.75) is 43.0 Å². The molecule has 0 spiro atoms. The first-order chi connectivity index (χ1) is 14.9. The molecule has 182 valence electrons. The van der Waals surface area contributed by atoms with Gasteiger partial charge in [0, 0.05) is 16.3 Å². The van der Waals surface area contributed by atoms with Crippen molar-refractivity contribution in [3.63, 3.8) is 0 Å².